The molecule has 25 heavy (non-hydrogen) atoms. The van der Waals surface area contributed by atoms with Crippen LogP contribution >= 0.6 is 22.9 Å². The van der Waals surface area contributed by atoms with Crippen molar-refractivity contribution in [2.75, 3.05) is 0 Å². The Hall–Kier alpha value is -2.50. The third kappa shape index (κ3) is 3.34. The highest BCUT2D eigenvalue weighted by atomic mass is 35.5. The van der Waals surface area contributed by atoms with Crippen molar-refractivity contribution >= 4 is 33.2 Å². The minimum Gasteiger partial charge on any atom is -0.298 e. The maximum atomic E-state index is 12.7. The average molecular weight is 368 g/mol. The van der Waals surface area contributed by atoms with Gasteiger partial charge in [0.2, 0.25) is 0 Å². The van der Waals surface area contributed by atoms with E-state index in [-0.39, 0.29) is 5.56 Å². The van der Waals surface area contributed by atoms with Gasteiger partial charge < -0.3 is 0 Å². The Kier molecular flexibility index (Phi) is 4.34. The second-order valence-corrected chi connectivity index (χ2v) is 7.13. The first-order valence-electron chi connectivity index (χ1n) is 7.85. The Morgan fingerprint density at radius 2 is 1.92 bits per heavy atom. The van der Waals surface area contributed by atoms with E-state index in [0.29, 0.717) is 22.7 Å². The standard InChI is InChI=1S/C19H14ClN3OS/c20-14-6-4-13(5-7-14)17-11-16-18(25-17)19(24)23(12-22-16)10-8-15-3-1-2-9-21-15/h1-7,9,11-12H,8,10H2. The van der Waals surface area contributed by atoms with Crippen LogP contribution in [0.3, 0.4) is 0 Å². The van der Waals surface area contributed by atoms with Crippen molar-refractivity contribution in [1.29, 1.82) is 0 Å². The minimum absolute atomic E-state index is 0.00820. The van der Waals surface area contributed by atoms with Crippen molar-refractivity contribution in [1.82, 2.24) is 14.5 Å². The van der Waals surface area contributed by atoms with Gasteiger partial charge in [-0.1, -0.05) is 29.8 Å². The predicted octanol–water partition coefficient (Wildman–Crippen LogP) is 4.42. The van der Waals surface area contributed by atoms with E-state index in [1.165, 1.54) is 11.3 Å². The normalized spacial score (nSPS) is 11.1. The van der Waals surface area contributed by atoms with Gasteiger partial charge in [0.1, 0.15) is 4.70 Å². The van der Waals surface area contributed by atoms with E-state index in [0.717, 1.165) is 21.7 Å². The van der Waals surface area contributed by atoms with Crippen LogP contribution in [0.2, 0.25) is 5.02 Å². The van der Waals surface area contributed by atoms with Gasteiger partial charge in [-0.25, -0.2) is 4.98 Å². The smallest absolute Gasteiger partial charge is 0.271 e. The van der Waals surface area contributed by atoms with Crippen LogP contribution in [0, 0.1) is 0 Å². The number of rotatable bonds is 4. The number of nitrogens with zero attached hydrogens (tertiary/aromatic N) is 3. The van der Waals surface area contributed by atoms with Crippen LogP contribution in [0.1, 0.15) is 5.69 Å². The quantitative estimate of drug-likeness (QED) is 0.536. The van der Waals surface area contributed by atoms with E-state index in [1.807, 2.05) is 48.5 Å². The molecular weight excluding hydrogens is 354 g/mol. The summed E-state index contributed by atoms with van der Waals surface area (Å²) in [4.78, 5) is 22.5. The molecule has 0 amide bonds. The maximum absolute atomic E-state index is 12.7. The number of aryl methyl sites for hydroxylation is 2. The number of fused-ring (bicyclic) bond motifs is 1. The number of hydrogen-bond acceptors (Lipinski definition) is 4. The summed E-state index contributed by atoms with van der Waals surface area (Å²) in [7, 11) is 0. The van der Waals surface area contributed by atoms with E-state index in [2.05, 4.69) is 9.97 Å². The van der Waals surface area contributed by atoms with Crippen LogP contribution in [-0.2, 0) is 13.0 Å². The lowest BCUT2D eigenvalue weighted by molar-refractivity contribution is 0.655. The largest absolute Gasteiger partial charge is 0.298 e. The molecular formula is C19H14ClN3OS. The van der Waals surface area contributed by atoms with E-state index < -0.39 is 0 Å². The van der Waals surface area contributed by atoms with Gasteiger partial charge in [0, 0.05) is 34.8 Å². The van der Waals surface area contributed by atoms with E-state index in [1.54, 1.807) is 17.1 Å². The number of aromatic nitrogens is 3. The Morgan fingerprint density at radius 1 is 1.08 bits per heavy atom. The molecule has 0 saturated carbocycles. The van der Waals surface area contributed by atoms with Crippen LogP contribution < -0.4 is 5.56 Å². The molecule has 0 radical (unpaired) electrons. The molecule has 4 nitrogen and oxygen atoms in total. The third-order valence-electron chi connectivity index (χ3n) is 3.97. The molecule has 0 atom stereocenters. The van der Waals surface area contributed by atoms with Gasteiger partial charge in [0.15, 0.2) is 0 Å². The maximum Gasteiger partial charge on any atom is 0.271 e. The van der Waals surface area contributed by atoms with Crippen molar-refractivity contribution in [2.45, 2.75) is 13.0 Å². The van der Waals surface area contributed by atoms with Crippen molar-refractivity contribution in [3.05, 3.63) is 82.1 Å². The number of thiophene rings is 1. The zero-order valence-electron chi connectivity index (χ0n) is 13.2. The molecule has 0 saturated heterocycles. The number of hydrogen-bond donors (Lipinski definition) is 0. The fourth-order valence-corrected chi connectivity index (χ4v) is 3.83. The molecule has 0 unspecified atom stereocenters. The molecule has 3 heterocycles. The Balaban J connectivity index is 1.66. The lowest BCUT2D eigenvalue weighted by Crippen LogP contribution is -2.20. The van der Waals surface area contributed by atoms with Gasteiger partial charge in [-0.15, -0.1) is 11.3 Å². The molecule has 0 aliphatic rings. The number of benzene rings is 1. The first-order valence-corrected chi connectivity index (χ1v) is 9.05. The molecule has 0 spiro atoms. The van der Waals surface area contributed by atoms with Crippen LogP contribution in [0.4, 0.5) is 0 Å². The van der Waals surface area contributed by atoms with Crippen LogP contribution in [0.15, 0.2) is 65.8 Å². The molecule has 0 fully saturated rings. The molecule has 124 valence electrons. The fourth-order valence-electron chi connectivity index (χ4n) is 2.64. The Labute approximate surface area is 153 Å². The SMILES string of the molecule is O=c1c2sc(-c3ccc(Cl)cc3)cc2ncn1CCc1ccccn1. The molecule has 0 aliphatic carbocycles. The summed E-state index contributed by atoms with van der Waals surface area (Å²) in [5.41, 5.74) is 2.72. The fraction of sp³-hybridized carbons (Fsp3) is 0.105. The van der Waals surface area contributed by atoms with E-state index in [9.17, 15) is 4.79 Å². The third-order valence-corrected chi connectivity index (χ3v) is 5.38. The summed E-state index contributed by atoms with van der Waals surface area (Å²) in [5.74, 6) is 0. The average Bonchev–Trinajstić information content (AvgIpc) is 3.08. The van der Waals surface area contributed by atoms with Crippen LogP contribution in [0.25, 0.3) is 20.7 Å². The zero-order chi connectivity index (χ0) is 17.2. The van der Waals surface area contributed by atoms with Gasteiger partial charge in [-0.3, -0.25) is 14.3 Å². The number of halogens is 1. The van der Waals surface area contributed by atoms with E-state index >= 15 is 0 Å². The first kappa shape index (κ1) is 16.0. The highest BCUT2D eigenvalue weighted by Crippen LogP contribution is 2.31. The highest BCUT2D eigenvalue weighted by molar-refractivity contribution is 7.22. The molecule has 4 rings (SSSR count). The summed E-state index contributed by atoms with van der Waals surface area (Å²) in [6.07, 6.45) is 4.08. The van der Waals surface area contributed by atoms with Gasteiger partial charge in [-0.05, 0) is 35.9 Å². The molecule has 4 aromatic rings. The summed E-state index contributed by atoms with van der Waals surface area (Å²) in [6, 6.07) is 15.3. The summed E-state index contributed by atoms with van der Waals surface area (Å²) < 4.78 is 2.33. The highest BCUT2D eigenvalue weighted by Gasteiger charge is 2.10. The first-order chi connectivity index (χ1) is 12.2. The van der Waals surface area contributed by atoms with E-state index in [4.69, 9.17) is 11.6 Å². The minimum atomic E-state index is -0.00820. The lowest BCUT2D eigenvalue weighted by Gasteiger charge is -2.04. The van der Waals surface area contributed by atoms with Crippen LogP contribution in [-0.4, -0.2) is 14.5 Å². The Bertz CT molecular complexity index is 1070. The zero-order valence-corrected chi connectivity index (χ0v) is 14.8. The topological polar surface area (TPSA) is 47.8 Å². The van der Waals surface area contributed by atoms with Crippen molar-refractivity contribution in [2.24, 2.45) is 0 Å². The van der Waals surface area contributed by atoms with Crippen LogP contribution in [0.5, 0.6) is 0 Å². The van der Waals surface area contributed by atoms with Gasteiger partial charge >= 0.3 is 0 Å². The molecule has 6 heteroatoms. The van der Waals surface area contributed by atoms with Crippen molar-refractivity contribution < 1.29 is 0 Å². The molecule has 0 aliphatic heterocycles. The molecule has 1 aromatic carbocycles. The predicted molar refractivity (Wildman–Crippen MR) is 102 cm³/mol. The monoisotopic (exact) mass is 367 g/mol. The number of pyridine rings is 1. The molecule has 0 bridgehead atoms. The van der Waals surface area contributed by atoms with Crippen molar-refractivity contribution in [3.8, 4) is 10.4 Å². The van der Waals surface area contributed by atoms with Gasteiger partial charge in [-0.2, -0.15) is 0 Å². The van der Waals surface area contributed by atoms with Crippen molar-refractivity contribution in [3.63, 3.8) is 0 Å². The van der Waals surface area contributed by atoms with Gasteiger partial charge in [0.25, 0.3) is 5.56 Å². The second kappa shape index (κ2) is 6.78. The molecule has 3 aromatic heterocycles. The summed E-state index contributed by atoms with van der Waals surface area (Å²) in [6.45, 7) is 0.562. The van der Waals surface area contributed by atoms with Gasteiger partial charge in [0.05, 0.1) is 11.8 Å². The lowest BCUT2D eigenvalue weighted by atomic mass is 10.2. The second-order valence-electron chi connectivity index (χ2n) is 5.65. The molecule has 0 N–H and O–H groups in total. The summed E-state index contributed by atoms with van der Waals surface area (Å²) >= 11 is 7.41. The summed E-state index contributed by atoms with van der Waals surface area (Å²) in [5, 5.41) is 0.694. The Morgan fingerprint density at radius 3 is 2.68 bits per heavy atom.